The Morgan fingerprint density at radius 3 is 3.00 bits per heavy atom. The smallest absolute Gasteiger partial charge is 0.450 e. The van der Waals surface area contributed by atoms with Gasteiger partial charge < -0.3 is 19.3 Å². The average Bonchev–Trinajstić information content (AvgIpc) is 2.35. The van der Waals surface area contributed by atoms with Gasteiger partial charge in [0.15, 0.2) is 6.61 Å². The fourth-order valence-corrected chi connectivity index (χ4v) is 0.603. The Hall–Kier alpha value is -1.72. The average molecular weight is 174 g/mol. The van der Waals surface area contributed by atoms with Gasteiger partial charge in [-0.3, -0.25) is 0 Å². The van der Waals surface area contributed by atoms with Crippen molar-refractivity contribution in [2.24, 2.45) is 0 Å². The third-order valence-electron chi connectivity index (χ3n) is 1.06. The van der Waals surface area contributed by atoms with Crippen molar-refractivity contribution < 1.29 is 28.9 Å². The van der Waals surface area contributed by atoms with E-state index in [4.69, 9.17) is 5.11 Å². The molecule has 0 bridgehead atoms. The Labute approximate surface area is 67.3 Å². The predicted octanol–water partition coefficient (Wildman–Crippen LogP) is 0.732. The number of carbonyl (C=O) groups is 2. The minimum Gasteiger partial charge on any atom is -0.450 e. The normalized spacial score (nSPS) is 18.7. The van der Waals surface area contributed by atoms with Crippen LogP contribution in [0.15, 0.2) is 11.8 Å². The predicted molar refractivity (Wildman–Crippen MR) is 34.5 cm³/mol. The number of ether oxygens (including phenoxy) is 3. The molecule has 0 aromatic heterocycles. The summed E-state index contributed by atoms with van der Waals surface area (Å²) in [6.07, 6.45) is -0.840. The largest absolute Gasteiger partial charge is 0.514 e. The summed E-state index contributed by atoms with van der Waals surface area (Å²) in [6.45, 7) is -0.122. The van der Waals surface area contributed by atoms with E-state index in [0.717, 1.165) is 0 Å². The van der Waals surface area contributed by atoms with E-state index < -0.39 is 12.3 Å². The van der Waals surface area contributed by atoms with Crippen LogP contribution in [-0.4, -0.2) is 30.6 Å². The molecule has 0 saturated carbocycles. The summed E-state index contributed by atoms with van der Waals surface area (Å²) in [5.41, 5.74) is 0. The lowest BCUT2D eigenvalue weighted by atomic mass is 10.5. The van der Waals surface area contributed by atoms with E-state index in [1.54, 1.807) is 0 Å². The van der Waals surface area contributed by atoms with Crippen molar-refractivity contribution in [3.8, 4) is 0 Å². The van der Waals surface area contributed by atoms with Gasteiger partial charge in [0.1, 0.15) is 12.4 Å². The second-order valence-electron chi connectivity index (χ2n) is 1.89. The second kappa shape index (κ2) is 3.61. The quantitative estimate of drug-likeness (QED) is 0.621. The molecule has 66 valence electrons. The molecule has 0 atom stereocenters. The summed E-state index contributed by atoms with van der Waals surface area (Å²) in [5.74, 6) is 0.265. The van der Waals surface area contributed by atoms with Crippen molar-refractivity contribution in [3.05, 3.63) is 11.8 Å². The van der Waals surface area contributed by atoms with E-state index in [9.17, 15) is 9.59 Å². The van der Waals surface area contributed by atoms with Crippen LogP contribution in [0.4, 0.5) is 9.59 Å². The van der Waals surface area contributed by atoms with Crippen LogP contribution in [0.1, 0.15) is 0 Å². The zero-order valence-electron chi connectivity index (χ0n) is 5.98. The molecule has 12 heavy (non-hydrogen) atoms. The molecular formula is C6H6O6. The minimum absolute atomic E-state index is 0.0296. The maximum absolute atomic E-state index is 10.3. The van der Waals surface area contributed by atoms with Crippen molar-refractivity contribution in [3.63, 3.8) is 0 Å². The molecule has 1 aliphatic heterocycles. The first-order valence-electron chi connectivity index (χ1n) is 3.08. The molecule has 1 fully saturated rings. The summed E-state index contributed by atoms with van der Waals surface area (Å²) in [6, 6.07) is 0. The lowest BCUT2D eigenvalue weighted by Crippen LogP contribution is -2.00. The second-order valence-corrected chi connectivity index (χ2v) is 1.89. The van der Waals surface area contributed by atoms with Gasteiger partial charge >= 0.3 is 12.3 Å². The number of carboxylic acid groups (broad SMARTS) is 1. The lowest BCUT2D eigenvalue weighted by molar-refractivity contribution is 0.101. The molecule has 0 radical (unpaired) electrons. The molecule has 1 rings (SSSR count). The topological polar surface area (TPSA) is 82.1 Å². The number of hydrogen-bond donors (Lipinski definition) is 1. The lowest BCUT2D eigenvalue weighted by Gasteiger charge is -1.93. The van der Waals surface area contributed by atoms with Gasteiger partial charge in [-0.05, 0) is 6.08 Å². The standard InChI is InChI=1S/C6H6O6/c7-5(8)10-2-1-4-3-11-6(9)12-4/h1H,2-3H2,(H,7,8). The molecule has 1 aliphatic rings. The zero-order valence-corrected chi connectivity index (χ0v) is 5.98. The van der Waals surface area contributed by atoms with E-state index in [1.165, 1.54) is 6.08 Å². The highest BCUT2D eigenvalue weighted by Gasteiger charge is 2.17. The highest BCUT2D eigenvalue weighted by molar-refractivity contribution is 5.64. The van der Waals surface area contributed by atoms with Crippen LogP contribution < -0.4 is 0 Å². The van der Waals surface area contributed by atoms with Crippen LogP contribution in [-0.2, 0) is 14.2 Å². The van der Waals surface area contributed by atoms with Gasteiger partial charge in [0.25, 0.3) is 0 Å². The third kappa shape index (κ3) is 2.49. The molecule has 0 unspecified atom stereocenters. The van der Waals surface area contributed by atoms with Gasteiger partial charge in [-0.1, -0.05) is 0 Å². The van der Waals surface area contributed by atoms with Crippen LogP contribution in [0.2, 0.25) is 0 Å². The molecule has 0 aromatic carbocycles. The van der Waals surface area contributed by atoms with Crippen molar-refractivity contribution >= 4 is 12.3 Å². The molecule has 1 saturated heterocycles. The van der Waals surface area contributed by atoms with E-state index in [1.807, 2.05) is 0 Å². The zero-order chi connectivity index (χ0) is 8.97. The van der Waals surface area contributed by atoms with Gasteiger partial charge in [-0.25, -0.2) is 9.59 Å². The number of cyclic esters (lactones) is 2. The van der Waals surface area contributed by atoms with Gasteiger partial charge in [0, 0.05) is 0 Å². The van der Waals surface area contributed by atoms with Gasteiger partial charge in [0.2, 0.25) is 0 Å². The van der Waals surface area contributed by atoms with E-state index in [0.29, 0.717) is 0 Å². The Balaban J connectivity index is 2.28. The fourth-order valence-electron chi connectivity index (χ4n) is 0.603. The molecule has 0 aromatic rings. The Kier molecular flexibility index (Phi) is 2.52. The van der Waals surface area contributed by atoms with Crippen molar-refractivity contribution in [2.45, 2.75) is 0 Å². The van der Waals surface area contributed by atoms with Crippen LogP contribution in [0.3, 0.4) is 0 Å². The monoisotopic (exact) mass is 174 g/mol. The highest BCUT2D eigenvalue weighted by Crippen LogP contribution is 2.08. The summed E-state index contributed by atoms with van der Waals surface area (Å²) in [5, 5.41) is 8.05. The van der Waals surface area contributed by atoms with E-state index in [-0.39, 0.29) is 19.0 Å². The summed E-state index contributed by atoms with van der Waals surface area (Å²) >= 11 is 0. The van der Waals surface area contributed by atoms with Crippen molar-refractivity contribution in [2.75, 3.05) is 13.2 Å². The molecule has 0 amide bonds. The molecule has 6 nitrogen and oxygen atoms in total. The first kappa shape index (κ1) is 8.38. The van der Waals surface area contributed by atoms with Crippen molar-refractivity contribution in [1.29, 1.82) is 0 Å². The van der Waals surface area contributed by atoms with Crippen LogP contribution in [0.5, 0.6) is 0 Å². The molecule has 0 spiro atoms. The molecule has 0 aliphatic carbocycles. The SMILES string of the molecule is O=C(O)OCC=C1COC(=O)O1. The summed E-state index contributed by atoms with van der Waals surface area (Å²) < 4.78 is 13.0. The molecule has 1 heterocycles. The van der Waals surface area contributed by atoms with Crippen LogP contribution >= 0.6 is 0 Å². The van der Waals surface area contributed by atoms with Gasteiger partial charge in [-0.15, -0.1) is 0 Å². The van der Waals surface area contributed by atoms with Gasteiger partial charge in [0.05, 0.1) is 0 Å². The first-order valence-corrected chi connectivity index (χ1v) is 3.08. The minimum atomic E-state index is -1.38. The van der Waals surface area contributed by atoms with E-state index in [2.05, 4.69) is 14.2 Å². The fraction of sp³-hybridized carbons (Fsp3) is 0.333. The molecular weight excluding hydrogens is 168 g/mol. The summed E-state index contributed by atoms with van der Waals surface area (Å²) in [7, 11) is 0. The molecule has 1 N–H and O–H groups in total. The van der Waals surface area contributed by atoms with E-state index >= 15 is 0 Å². The first-order chi connectivity index (χ1) is 5.68. The Morgan fingerprint density at radius 1 is 1.75 bits per heavy atom. The maximum Gasteiger partial charge on any atom is 0.514 e. The van der Waals surface area contributed by atoms with Crippen LogP contribution in [0, 0.1) is 0 Å². The number of carbonyl (C=O) groups excluding carboxylic acids is 1. The van der Waals surface area contributed by atoms with Gasteiger partial charge in [-0.2, -0.15) is 0 Å². The number of hydrogen-bond acceptors (Lipinski definition) is 5. The Morgan fingerprint density at radius 2 is 2.50 bits per heavy atom. The van der Waals surface area contributed by atoms with Crippen LogP contribution in [0.25, 0.3) is 0 Å². The third-order valence-corrected chi connectivity index (χ3v) is 1.06. The Bertz CT molecular complexity index is 230. The summed E-state index contributed by atoms with van der Waals surface area (Å²) in [4.78, 5) is 20.2. The maximum atomic E-state index is 10.3. The highest BCUT2D eigenvalue weighted by atomic mass is 16.8. The number of rotatable bonds is 2. The van der Waals surface area contributed by atoms with Crippen molar-refractivity contribution in [1.82, 2.24) is 0 Å². The molecule has 6 heteroatoms.